The van der Waals surface area contributed by atoms with Gasteiger partial charge in [0.1, 0.15) is 0 Å². The van der Waals surface area contributed by atoms with E-state index in [1.807, 2.05) is 16.7 Å². The molecule has 2 N–H and O–H groups in total. The topological polar surface area (TPSA) is 69.6 Å². The summed E-state index contributed by atoms with van der Waals surface area (Å²) in [5.74, 6) is -0.428. The Bertz CT molecular complexity index is 351. The maximum absolute atomic E-state index is 12.2. The SMILES string of the molecule is CCC(CC)(CNC(=O)N1CCC(CCC(=O)O)C1)SC. The first kappa shape index (κ1) is 18.1. The van der Waals surface area contributed by atoms with Crippen LogP contribution >= 0.6 is 11.8 Å². The second-order valence-electron chi connectivity index (χ2n) is 5.79. The van der Waals surface area contributed by atoms with Crippen molar-refractivity contribution in [1.29, 1.82) is 0 Å². The molecule has 1 aliphatic rings. The average molecular weight is 316 g/mol. The first-order valence-corrected chi connectivity index (χ1v) is 8.98. The van der Waals surface area contributed by atoms with Gasteiger partial charge in [0.05, 0.1) is 0 Å². The second kappa shape index (κ2) is 8.51. The summed E-state index contributed by atoms with van der Waals surface area (Å²) < 4.78 is 0.123. The summed E-state index contributed by atoms with van der Waals surface area (Å²) >= 11 is 1.82. The summed E-state index contributed by atoms with van der Waals surface area (Å²) in [5.41, 5.74) is 0. The number of aliphatic carboxylic acids is 1. The Balaban J connectivity index is 2.38. The molecule has 122 valence electrons. The van der Waals surface area contributed by atoms with Gasteiger partial charge in [0.25, 0.3) is 0 Å². The van der Waals surface area contributed by atoms with Gasteiger partial charge >= 0.3 is 12.0 Å². The molecule has 21 heavy (non-hydrogen) atoms. The Morgan fingerprint density at radius 3 is 2.57 bits per heavy atom. The number of hydrogen-bond donors (Lipinski definition) is 2. The van der Waals surface area contributed by atoms with Crippen LogP contribution in [0.4, 0.5) is 4.79 Å². The van der Waals surface area contributed by atoms with E-state index in [4.69, 9.17) is 5.11 Å². The van der Waals surface area contributed by atoms with Gasteiger partial charge in [0.2, 0.25) is 0 Å². The lowest BCUT2D eigenvalue weighted by molar-refractivity contribution is -0.137. The molecule has 5 nitrogen and oxygen atoms in total. The molecular weight excluding hydrogens is 288 g/mol. The molecule has 0 aliphatic carbocycles. The van der Waals surface area contributed by atoms with Crippen molar-refractivity contribution in [3.63, 3.8) is 0 Å². The van der Waals surface area contributed by atoms with E-state index >= 15 is 0 Å². The normalized spacial score (nSPS) is 18.8. The van der Waals surface area contributed by atoms with Crippen LogP contribution in [0, 0.1) is 5.92 Å². The van der Waals surface area contributed by atoms with Crippen LogP contribution < -0.4 is 5.32 Å². The van der Waals surface area contributed by atoms with Crippen molar-refractivity contribution in [2.24, 2.45) is 5.92 Å². The smallest absolute Gasteiger partial charge is 0.317 e. The Labute approximate surface area is 131 Å². The summed E-state index contributed by atoms with van der Waals surface area (Å²) in [6.07, 6.45) is 5.93. The molecule has 1 fully saturated rings. The van der Waals surface area contributed by atoms with Crippen LogP contribution in [0.2, 0.25) is 0 Å². The van der Waals surface area contributed by atoms with Gasteiger partial charge < -0.3 is 15.3 Å². The fourth-order valence-corrected chi connectivity index (χ4v) is 3.58. The number of rotatable bonds is 8. The molecule has 0 aromatic heterocycles. The summed E-state index contributed by atoms with van der Waals surface area (Å²) in [6.45, 7) is 6.43. The van der Waals surface area contributed by atoms with E-state index in [1.165, 1.54) is 0 Å². The molecule has 0 bridgehead atoms. The van der Waals surface area contributed by atoms with Crippen molar-refractivity contribution in [3.05, 3.63) is 0 Å². The fraction of sp³-hybridized carbons (Fsp3) is 0.867. The molecule has 1 aliphatic heterocycles. The largest absolute Gasteiger partial charge is 0.481 e. The molecule has 0 saturated carbocycles. The van der Waals surface area contributed by atoms with E-state index in [0.29, 0.717) is 25.4 Å². The minimum atomic E-state index is -0.756. The molecule has 1 rings (SSSR count). The standard InChI is InChI=1S/C15H28N2O3S/c1-4-15(5-2,21-3)11-16-14(20)17-9-8-12(10-17)6-7-13(18)19/h12H,4-11H2,1-3H3,(H,16,20)(H,18,19). The number of thioether (sulfide) groups is 1. The molecule has 1 unspecified atom stereocenters. The molecule has 2 amide bonds. The lowest BCUT2D eigenvalue weighted by Gasteiger charge is -2.30. The van der Waals surface area contributed by atoms with Gasteiger partial charge in [-0.25, -0.2) is 4.79 Å². The number of urea groups is 1. The van der Waals surface area contributed by atoms with Crippen LogP contribution in [0.1, 0.15) is 46.0 Å². The first-order valence-electron chi connectivity index (χ1n) is 7.76. The quantitative estimate of drug-likeness (QED) is 0.722. The van der Waals surface area contributed by atoms with Crippen LogP contribution in [0.5, 0.6) is 0 Å². The van der Waals surface area contributed by atoms with E-state index in [2.05, 4.69) is 25.4 Å². The number of likely N-dealkylation sites (tertiary alicyclic amines) is 1. The van der Waals surface area contributed by atoms with Gasteiger partial charge in [0.15, 0.2) is 0 Å². The van der Waals surface area contributed by atoms with Crippen LogP contribution in [-0.4, -0.2) is 52.6 Å². The number of amides is 2. The number of nitrogens with zero attached hydrogens (tertiary/aromatic N) is 1. The zero-order valence-corrected chi connectivity index (χ0v) is 14.2. The zero-order valence-electron chi connectivity index (χ0n) is 13.4. The lowest BCUT2D eigenvalue weighted by atomic mass is 10.0. The summed E-state index contributed by atoms with van der Waals surface area (Å²) in [4.78, 5) is 24.6. The maximum atomic E-state index is 12.2. The molecular formula is C15H28N2O3S. The van der Waals surface area contributed by atoms with Crippen LogP contribution in [-0.2, 0) is 4.79 Å². The average Bonchev–Trinajstić information content (AvgIpc) is 2.96. The summed E-state index contributed by atoms with van der Waals surface area (Å²) in [5, 5.41) is 11.8. The lowest BCUT2D eigenvalue weighted by Crippen LogP contribution is -2.45. The molecule has 1 atom stereocenters. The van der Waals surface area contributed by atoms with Crippen molar-refractivity contribution in [3.8, 4) is 0 Å². The highest BCUT2D eigenvalue weighted by molar-refractivity contribution is 8.00. The van der Waals surface area contributed by atoms with E-state index in [9.17, 15) is 9.59 Å². The third-order valence-corrected chi connectivity index (χ3v) is 6.21. The third kappa shape index (κ3) is 5.41. The predicted octanol–water partition coefficient (Wildman–Crippen LogP) is 2.80. The van der Waals surface area contributed by atoms with Crippen molar-refractivity contribution in [2.75, 3.05) is 25.9 Å². The van der Waals surface area contributed by atoms with E-state index in [-0.39, 0.29) is 17.2 Å². The molecule has 0 aromatic carbocycles. The Kier molecular flexibility index (Phi) is 7.35. The highest BCUT2D eigenvalue weighted by Gasteiger charge is 2.29. The number of hydrogen-bond acceptors (Lipinski definition) is 3. The van der Waals surface area contributed by atoms with Crippen LogP contribution in [0.15, 0.2) is 0 Å². The molecule has 0 aromatic rings. The van der Waals surface area contributed by atoms with Crippen molar-refractivity contribution < 1.29 is 14.7 Å². The highest BCUT2D eigenvalue weighted by Crippen LogP contribution is 2.29. The van der Waals surface area contributed by atoms with Crippen molar-refractivity contribution >= 4 is 23.8 Å². The number of carboxylic acid groups (broad SMARTS) is 1. The second-order valence-corrected chi connectivity index (χ2v) is 7.06. The van der Waals surface area contributed by atoms with Gasteiger partial charge in [-0.3, -0.25) is 4.79 Å². The van der Waals surface area contributed by atoms with Crippen molar-refractivity contribution in [2.45, 2.75) is 50.7 Å². The minimum absolute atomic E-state index is 0.00634. The predicted molar refractivity (Wildman–Crippen MR) is 86.8 cm³/mol. The Morgan fingerprint density at radius 1 is 1.38 bits per heavy atom. The number of carbonyl (C=O) groups is 2. The van der Waals surface area contributed by atoms with E-state index in [1.54, 1.807) is 0 Å². The Hall–Kier alpha value is -0.910. The van der Waals surface area contributed by atoms with Gasteiger partial charge in [-0.1, -0.05) is 13.8 Å². The third-order valence-electron chi connectivity index (χ3n) is 4.62. The van der Waals surface area contributed by atoms with Gasteiger partial charge in [-0.05, 0) is 37.9 Å². The monoisotopic (exact) mass is 316 g/mol. The van der Waals surface area contributed by atoms with Crippen LogP contribution in [0.25, 0.3) is 0 Å². The number of carbonyl (C=O) groups excluding carboxylic acids is 1. The Morgan fingerprint density at radius 2 is 2.05 bits per heavy atom. The van der Waals surface area contributed by atoms with Gasteiger partial charge in [-0.2, -0.15) is 11.8 Å². The molecule has 0 spiro atoms. The van der Waals surface area contributed by atoms with Crippen molar-refractivity contribution in [1.82, 2.24) is 10.2 Å². The zero-order chi connectivity index (χ0) is 15.9. The fourth-order valence-electron chi connectivity index (χ4n) is 2.79. The molecule has 0 radical (unpaired) electrons. The molecule has 6 heteroatoms. The van der Waals surface area contributed by atoms with E-state index in [0.717, 1.165) is 25.8 Å². The number of nitrogens with one attached hydrogen (secondary N) is 1. The molecule has 1 saturated heterocycles. The highest BCUT2D eigenvalue weighted by atomic mass is 32.2. The summed E-state index contributed by atoms with van der Waals surface area (Å²) in [7, 11) is 0. The van der Waals surface area contributed by atoms with Gasteiger partial charge in [-0.15, -0.1) is 0 Å². The van der Waals surface area contributed by atoms with Gasteiger partial charge in [0, 0.05) is 30.8 Å². The first-order chi connectivity index (χ1) is 9.96. The van der Waals surface area contributed by atoms with E-state index < -0.39 is 5.97 Å². The van der Waals surface area contributed by atoms with Crippen LogP contribution in [0.3, 0.4) is 0 Å². The maximum Gasteiger partial charge on any atom is 0.317 e. The minimum Gasteiger partial charge on any atom is -0.481 e. The number of carboxylic acids is 1. The molecule has 1 heterocycles. The summed E-state index contributed by atoms with van der Waals surface area (Å²) in [6, 6.07) is -0.00634.